The fourth-order valence-corrected chi connectivity index (χ4v) is 4.66. The fraction of sp³-hybridized carbons (Fsp3) is 0.241. The number of hydrogen-bond acceptors (Lipinski definition) is 6. The average molecular weight is 484 g/mol. The van der Waals surface area contributed by atoms with Crippen molar-refractivity contribution in [1.82, 2.24) is 10.9 Å². The Kier molecular flexibility index (Phi) is 6.84. The Bertz CT molecular complexity index is 1240. The molecule has 0 spiro atoms. The van der Waals surface area contributed by atoms with Crippen molar-refractivity contribution in [3.8, 4) is 16.9 Å². The highest BCUT2D eigenvalue weighted by atomic mass is 16.5. The number of aliphatic hydroxyl groups is 1. The smallest absolute Gasteiger partial charge is 0.266 e. The molecule has 0 radical (unpaired) electrons. The predicted molar refractivity (Wildman–Crippen MR) is 139 cm³/mol. The van der Waals surface area contributed by atoms with Crippen LogP contribution in [0.3, 0.4) is 0 Å². The van der Waals surface area contributed by atoms with Gasteiger partial charge in [0.15, 0.2) is 5.54 Å². The fourth-order valence-electron chi connectivity index (χ4n) is 4.66. The molecule has 36 heavy (non-hydrogen) atoms. The second kappa shape index (κ2) is 10.4. The highest BCUT2D eigenvalue weighted by Crippen LogP contribution is 2.42. The molecule has 5 rings (SSSR count). The zero-order valence-corrected chi connectivity index (χ0v) is 19.9. The third kappa shape index (κ3) is 4.51. The van der Waals surface area contributed by atoms with E-state index in [2.05, 4.69) is 41.7 Å². The summed E-state index contributed by atoms with van der Waals surface area (Å²) in [6.45, 7) is 4.48. The van der Waals surface area contributed by atoms with Crippen LogP contribution in [0.1, 0.15) is 35.6 Å². The summed E-state index contributed by atoms with van der Waals surface area (Å²) >= 11 is 0. The highest BCUT2D eigenvalue weighted by molar-refractivity contribution is 6.00. The van der Waals surface area contributed by atoms with Crippen LogP contribution in [0.4, 0.5) is 0 Å². The number of nitrogens with zero attached hydrogens (tertiary/aromatic N) is 1. The van der Waals surface area contributed by atoms with Gasteiger partial charge in [0.25, 0.3) is 5.91 Å². The first kappa shape index (κ1) is 23.8. The summed E-state index contributed by atoms with van der Waals surface area (Å²) in [5.41, 5.74) is 10.4. The van der Waals surface area contributed by atoms with Crippen molar-refractivity contribution in [3.63, 3.8) is 0 Å². The van der Waals surface area contributed by atoms with E-state index in [0.717, 1.165) is 27.8 Å². The van der Waals surface area contributed by atoms with E-state index in [1.54, 1.807) is 6.08 Å². The van der Waals surface area contributed by atoms with Gasteiger partial charge in [-0.1, -0.05) is 54.6 Å². The van der Waals surface area contributed by atoms with Gasteiger partial charge in [-0.3, -0.25) is 10.2 Å². The summed E-state index contributed by atoms with van der Waals surface area (Å²) in [5.74, 6) is 0.830. The Labute approximate surface area is 210 Å². The highest BCUT2D eigenvalue weighted by Gasteiger charge is 2.44. The van der Waals surface area contributed by atoms with Crippen LogP contribution < -0.4 is 15.6 Å². The van der Waals surface area contributed by atoms with Crippen molar-refractivity contribution >= 4 is 11.8 Å². The number of aliphatic imine (C=N–C) groups is 1. The lowest BCUT2D eigenvalue weighted by atomic mass is 9.96. The zero-order valence-electron chi connectivity index (χ0n) is 19.9. The van der Waals surface area contributed by atoms with E-state index in [0.29, 0.717) is 31.1 Å². The van der Waals surface area contributed by atoms with Crippen molar-refractivity contribution in [1.29, 1.82) is 0 Å². The van der Waals surface area contributed by atoms with Gasteiger partial charge in [-0.05, 0) is 46.5 Å². The predicted octanol–water partition coefficient (Wildman–Crippen LogP) is 3.93. The molecule has 0 fully saturated rings. The molecule has 0 aromatic heterocycles. The molecule has 0 saturated heterocycles. The van der Waals surface area contributed by atoms with Crippen molar-refractivity contribution in [2.75, 3.05) is 19.8 Å². The van der Waals surface area contributed by atoms with E-state index in [9.17, 15) is 4.79 Å². The number of carbonyl (C=O) groups excluding carboxylic acids is 1. The van der Waals surface area contributed by atoms with Crippen LogP contribution in [0.2, 0.25) is 0 Å². The Morgan fingerprint density at radius 3 is 2.39 bits per heavy atom. The molecule has 1 aliphatic heterocycles. The molecule has 0 saturated carbocycles. The third-order valence-electron chi connectivity index (χ3n) is 6.50. The molecule has 0 bridgehead atoms. The molecular formula is C29H29N3O4. The number of amides is 1. The number of aliphatic hydroxyl groups excluding tert-OH is 1. The molecule has 3 N–H and O–H groups in total. The molecule has 3 aromatic carbocycles. The Morgan fingerprint density at radius 1 is 1.08 bits per heavy atom. The van der Waals surface area contributed by atoms with Gasteiger partial charge in [0.05, 0.1) is 12.6 Å². The van der Waals surface area contributed by atoms with E-state index in [-0.39, 0.29) is 25.2 Å². The second-order valence-corrected chi connectivity index (χ2v) is 8.89. The minimum absolute atomic E-state index is 0.0881. The van der Waals surface area contributed by atoms with Crippen molar-refractivity contribution in [2.24, 2.45) is 4.99 Å². The lowest BCUT2D eigenvalue weighted by molar-refractivity contribution is -0.127. The number of ether oxygens (including phenoxy) is 2. The van der Waals surface area contributed by atoms with Gasteiger partial charge in [0, 0.05) is 25.0 Å². The van der Waals surface area contributed by atoms with Gasteiger partial charge in [0.2, 0.25) is 5.90 Å². The lowest BCUT2D eigenvalue weighted by Gasteiger charge is -2.24. The summed E-state index contributed by atoms with van der Waals surface area (Å²) < 4.78 is 11.5. The summed E-state index contributed by atoms with van der Waals surface area (Å²) in [6.07, 6.45) is 2.60. The van der Waals surface area contributed by atoms with E-state index < -0.39 is 5.54 Å². The molecule has 1 atom stereocenters. The maximum atomic E-state index is 13.5. The topological polar surface area (TPSA) is 92.2 Å². The quantitative estimate of drug-likeness (QED) is 0.231. The number of hydrazine groups is 1. The average Bonchev–Trinajstić information content (AvgIpc) is 3.49. The minimum Gasteiger partial charge on any atom is -0.494 e. The molecule has 1 amide bonds. The molecule has 7 heteroatoms. The van der Waals surface area contributed by atoms with E-state index in [1.807, 2.05) is 48.5 Å². The van der Waals surface area contributed by atoms with Gasteiger partial charge in [-0.2, -0.15) is 0 Å². The monoisotopic (exact) mass is 483 g/mol. The standard InChI is InChI=1S/C29H29N3O4/c1-2-16-29(19-36-27(30-29)20-12-14-21(15-13-20)35-18-7-17-33)28(34)32-31-26-24-10-5-3-8-22(24)23-9-4-6-11-25(23)26/h2-6,8-15,26,31,33H,1,7,16-19H2,(H,32,34)/t29-/m0/s1. The van der Waals surface area contributed by atoms with E-state index in [4.69, 9.17) is 19.6 Å². The molecule has 1 aliphatic carbocycles. The van der Waals surface area contributed by atoms with Crippen LogP contribution in [0.15, 0.2) is 90.4 Å². The number of carbonyl (C=O) groups is 1. The molecule has 1 heterocycles. The number of nitrogens with one attached hydrogen (secondary N) is 2. The SMILES string of the molecule is C=CC[C@@]1(C(=O)NNC2c3ccccc3-c3ccccc32)COC(c2ccc(OCCCO)cc2)=N1. The first-order chi connectivity index (χ1) is 17.6. The van der Waals surface area contributed by atoms with Gasteiger partial charge in [-0.15, -0.1) is 6.58 Å². The van der Waals surface area contributed by atoms with Gasteiger partial charge in [0.1, 0.15) is 12.4 Å². The van der Waals surface area contributed by atoms with Gasteiger partial charge in [-0.25, -0.2) is 10.4 Å². The first-order valence-corrected chi connectivity index (χ1v) is 12.1. The normalized spacial score (nSPS) is 18.1. The van der Waals surface area contributed by atoms with Crippen LogP contribution in [0.25, 0.3) is 11.1 Å². The Hall–Kier alpha value is -3.94. The molecule has 3 aromatic rings. The number of rotatable bonds is 10. The molecule has 7 nitrogen and oxygen atoms in total. The van der Waals surface area contributed by atoms with Crippen molar-refractivity contribution in [3.05, 3.63) is 102 Å². The second-order valence-electron chi connectivity index (χ2n) is 8.89. The van der Waals surface area contributed by atoms with Crippen LogP contribution >= 0.6 is 0 Å². The largest absolute Gasteiger partial charge is 0.494 e. The number of hydrogen-bond donors (Lipinski definition) is 3. The molecule has 184 valence electrons. The maximum absolute atomic E-state index is 13.5. The van der Waals surface area contributed by atoms with Crippen LogP contribution in [0, 0.1) is 0 Å². The summed E-state index contributed by atoms with van der Waals surface area (Å²) in [7, 11) is 0. The first-order valence-electron chi connectivity index (χ1n) is 12.1. The number of benzene rings is 3. The zero-order chi connectivity index (χ0) is 25.0. The summed E-state index contributed by atoms with van der Waals surface area (Å²) in [6, 6.07) is 23.6. The van der Waals surface area contributed by atoms with Gasteiger partial charge >= 0.3 is 0 Å². The molecular weight excluding hydrogens is 454 g/mol. The van der Waals surface area contributed by atoms with Crippen LogP contribution in [-0.2, 0) is 9.53 Å². The third-order valence-corrected chi connectivity index (χ3v) is 6.50. The van der Waals surface area contributed by atoms with Crippen LogP contribution in [-0.4, -0.2) is 42.3 Å². The van der Waals surface area contributed by atoms with Crippen LogP contribution in [0.5, 0.6) is 5.75 Å². The Balaban J connectivity index is 1.32. The van der Waals surface area contributed by atoms with Gasteiger partial charge < -0.3 is 14.6 Å². The molecule has 0 unspecified atom stereocenters. The lowest BCUT2D eigenvalue weighted by Crippen LogP contribution is -2.52. The summed E-state index contributed by atoms with van der Waals surface area (Å²) in [4.78, 5) is 18.2. The Morgan fingerprint density at radius 2 is 1.75 bits per heavy atom. The summed E-state index contributed by atoms with van der Waals surface area (Å²) in [5, 5.41) is 8.90. The minimum atomic E-state index is -1.11. The van der Waals surface area contributed by atoms with Crippen molar-refractivity contribution in [2.45, 2.75) is 24.4 Å². The van der Waals surface area contributed by atoms with E-state index in [1.165, 1.54) is 0 Å². The molecule has 2 aliphatic rings. The van der Waals surface area contributed by atoms with E-state index >= 15 is 0 Å². The number of fused-ring (bicyclic) bond motifs is 3. The van der Waals surface area contributed by atoms with Crippen molar-refractivity contribution < 1.29 is 19.4 Å². The maximum Gasteiger partial charge on any atom is 0.266 e.